The highest BCUT2D eigenvalue weighted by Crippen LogP contribution is 2.36. The Morgan fingerprint density at radius 1 is 0.970 bits per heavy atom. The number of halogens is 4. The lowest BCUT2D eigenvalue weighted by Crippen LogP contribution is -2.30. The molecule has 0 aliphatic carbocycles. The summed E-state index contributed by atoms with van der Waals surface area (Å²) in [6, 6.07) is 16.8. The Balaban J connectivity index is 1.50. The maximum Gasteiger partial charge on any atom is 0.329 e. The maximum atomic E-state index is 13.9. The Bertz CT molecular complexity index is 1240. The molecule has 33 heavy (non-hydrogen) atoms. The van der Waals surface area contributed by atoms with Gasteiger partial charge < -0.3 is 10.1 Å². The van der Waals surface area contributed by atoms with E-state index in [1.54, 1.807) is 36.4 Å². The van der Waals surface area contributed by atoms with Crippen LogP contribution in [-0.4, -0.2) is 16.8 Å². The lowest BCUT2D eigenvalue weighted by Gasteiger charge is -2.12. The first-order valence-electron chi connectivity index (χ1n) is 9.76. The van der Waals surface area contributed by atoms with Crippen LogP contribution in [0, 0.1) is 5.82 Å². The highest BCUT2D eigenvalue weighted by Gasteiger charge is 2.34. The predicted molar refractivity (Wildman–Crippen MR) is 134 cm³/mol. The standard InChI is InChI=1S/C24H16Br3FN2O3/c25-17-7-5-14(6-8-17)13-33-22-18(26)9-15(10-19(22)27)11-21-23(31)30(24(32)29-21)12-16-3-1-2-4-20(16)28/h1-11H,12-13H2,(H,29,32)/b21-11+. The van der Waals surface area contributed by atoms with Crippen molar-refractivity contribution in [2.45, 2.75) is 13.2 Å². The first-order chi connectivity index (χ1) is 15.8. The quantitative estimate of drug-likeness (QED) is 0.239. The number of carbonyl (C=O) groups excluding carboxylic acids is 2. The Morgan fingerprint density at radius 2 is 1.64 bits per heavy atom. The van der Waals surface area contributed by atoms with Crippen molar-refractivity contribution in [2.75, 3.05) is 0 Å². The number of benzene rings is 3. The molecule has 1 aliphatic rings. The number of nitrogens with one attached hydrogen (secondary N) is 1. The molecule has 0 atom stereocenters. The number of hydrogen-bond acceptors (Lipinski definition) is 3. The molecule has 9 heteroatoms. The Labute approximate surface area is 215 Å². The van der Waals surface area contributed by atoms with E-state index < -0.39 is 17.8 Å². The van der Waals surface area contributed by atoms with Crippen LogP contribution >= 0.6 is 47.8 Å². The molecule has 3 amide bonds. The summed E-state index contributed by atoms with van der Waals surface area (Å²) < 4.78 is 22.2. The summed E-state index contributed by atoms with van der Waals surface area (Å²) in [7, 11) is 0. The molecule has 0 aromatic heterocycles. The van der Waals surface area contributed by atoms with E-state index in [4.69, 9.17) is 4.74 Å². The van der Waals surface area contributed by atoms with Gasteiger partial charge in [0.15, 0.2) is 0 Å². The molecule has 0 bridgehead atoms. The van der Waals surface area contributed by atoms with Gasteiger partial charge in [0.1, 0.15) is 23.9 Å². The molecule has 0 spiro atoms. The normalized spacial score (nSPS) is 14.7. The predicted octanol–water partition coefficient (Wildman–Crippen LogP) is 6.79. The summed E-state index contributed by atoms with van der Waals surface area (Å²) >= 11 is 10.4. The van der Waals surface area contributed by atoms with Crippen LogP contribution in [0.5, 0.6) is 5.75 Å². The van der Waals surface area contributed by atoms with Crippen LogP contribution in [0.2, 0.25) is 0 Å². The van der Waals surface area contributed by atoms with Gasteiger partial charge in [0.25, 0.3) is 5.91 Å². The van der Waals surface area contributed by atoms with Crippen LogP contribution in [0.15, 0.2) is 79.8 Å². The minimum Gasteiger partial charge on any atom is -0.487 e. The summed E-state index contributed by atoms with van der Waals surface area (Å²) in [6.45, 7) is 0.232. The van der Waals surface area contributed by atoms with Crippen molar-refractivity contribution in [3.63, 3.8) is 0 Å². The molecular weight excluding hydrogens is 623 g/mol. The molecule has 0 radical (unpaired) electrons. The number of amides is 3. The fourth-order valence-corrected chi connectivity index (χ4v) is 4.93. The van der Waals surface area contributed by atoms with Crippen molar-refractivity contribution in [1.82, 2.24) is 10.2 Å². The van der Waals surface area contributed by atoms with Gasteiger partial charge in [-0.3, -0.25) is 9.69 Å². The van der Waals surface area contributed by atoms with Crippen LogP contribution in [-0.2, 0) is 17.9 Å². The topological polar surface area (TPSA) is 58.6 Å². The van der Waals surface area contributed by atoms with Crippen LogP contribution in [0.4, 0.5) is 9.18 Å². The average Bonchev–Trinajstić information content (AvgIpc) is 3.03. The SMILES string of the molecule is O=C1N/C(=C/c2cc(Br)c(OCc3ccc(Br)cc3)c(Br)c2)C(=O)N1Cc1ccccc1F. The van der Waals surface area contributed by atoms with E-state index >= 15 is 0 Å². The molecule has 1 aliphatic heterocycles. The van der Waals surface area contributed by atoms with Crippen molar-refractivity contribution in [3.8, 4) is 5.75 Å². The van der Waals surface area contributed by atoms with Crippen LogP contribution in [0.1, 0.15) is 16.7 Å². The summed E-state index contributed by atoms with van der Waals surface area (Å²) in [5, 5.41) is 2.56. The molecule has 0 saturated carbocycles. The van der Waals surface area contributed by atoms with Crippen molar-refractivity contribution in [1.29, 1.82) is 0 Å². The summed E-state index contributed by atoms with van der Waals surface area (Å²) in [5.41, 5.74) is 2.05. The molecule has 1 N–H and O–H groups in total. The highest BCUT2D eigenvalue weighted by molar-refractivity contribution is 9.11. The second-order valence-corrected chi connectivity index (χ2v) is 9.82. The van der Waals surface area contributed by atoms with E-state index in [-0.39, 0.29) is 17.8 Å². The molecule has 5 nitrogen and oxygen atoms in total. The van der Waals surface area contributed by atoms with E-state index in [1.807, 2.05) is 24.3 Å². The van der Waals surface area contributed by atoms with E-state index in [9.17, 15) is 14.0 Å². The third-order valence-corrected chi connectivity index (χ3v) is 6.58. The van der Waals surface area contributed by atoms with Gasteiger partial charge in [-0.05, 0) is 79.4 Å². The second kappa shape index (κ2) is 10.2. The van der Waals surface area contributed by atoms with Gasteiger partial charge in [-0.25, -0.2) is 9.18 Å². The maximum absolute atomic E-state index is 13.9. The highest BCUT2D eigenvalue weighted by atomic mass is 79.9. The number of hydrogen-bond donors (Lipinski definition) is 1. The lowest BCUT2D eigenvalue weighted by atomic mass is 10.1. The molecule has 168 valence electrons. The first kappa shape index (κ1) is 23.7. The lowest BCUT2D eigenvalue weighted by molar-refractivity contribution is -0.123. The van der Waals surface area contributed by atoms with Gasteiger partial charge in [-0.15, -0.1) is 0 Å². The van der Waals surface area contributed by atoms with E-state index in [2.05, 4.69) is 53.1 Å². The third kappa shape index (κ3) is 5.54. The zero-order valence-electron chi connectivity index (χ0n) is 16.9. The summed E-state index contributed by atoms with van der Waals surface area (Å²) in [5.74, 6) is -0.379. The largest absolute Gasteiger partial charge is 0.487 e. The molecule has 1 saturated heterocycles. The van der Waals surface area contributed by atoms with E-state index in [1.165, 1.54) is 6.07 Å². The van der Waals surface area contributed by atoms with Crippen LogP contribution in [0.3, 0.4) is 0 Å². The number of imide groups is 1. The third-order valence-electron chi connectivity index (χ3n) is 4.88. The van der Waals surface area contributed by atoms with Crippen LogP contribution < -0.4 is 10.1 Å². The number of carbonyl (C=O) groups is 2. The molecule has 1 fully saturated rings. The van der Waals surface area contributed by atoms with E-state index in [0.29, 0.717) is 26.9 Å². The van der Waals surface area contributed by atoms with Crippen molar-refractivity contribution in [3.05, 3.63) is 102 Å². The zero-order valence-corrected chi connectivity index (χ0v) is 21.7. The smallest absolute Gasteiger partial charge is 0.329 e. The fraction of sp³-hybridized carbons (Fsp3) is 0.0833. The fourth-order valence-electron chi connectivity index (χ4n) is 3.22. The second-order valence-electron chi connectivity index (χ2n) is 7.20. The average molecular weight is 639 g/mol. The van der Waals surface area contributed by atoms with Gasteiger partial charge in [-0.2, -0.15) is 0 Å². The molecule has 3 aromatic rings. The number of urea groups is 1. The zero-order chi connectivity index (χ0) is 23.5. The number of nitrogens with zero attached hydrogens (tertiary/aromatic N) is 1. The minimum atomic E-state index is -0.595. The number of ether oxygens (including phenoxy) is 1. The summed E-state index contributed by atoms with van der Waals surface area (Å²) in [4.78, 5) is 26.1. The molecule has 3 aromatic carbocycles. The van der Waals surface area contributed by atoms with Crippen molar-refractivity contribution in [2.24, 2.45) is 0 Å². The number of rotatable bonds is 6. The monoisotopic (exact) mass is 636 g/mol. The van der Waals surface area contributed by atoms with E-state index in [0.717, 1.165) is 14.9 Å². The molecular formula is C24H16Br3FN2O3. The van der Waals surface area contributed by atoms with Crippen molar-refractivity contribution >= 4 is 65.8 Å². The van der Waals surface area contributed by atoms with Gasteiger partial charge >= 0.3 is 6.03 Å². The first-order valence-corrected chi connectivity index (χ1v) is 12.1. The van der Waals surface area contributed by atoms with Gasteiger partial charge in [0, 0.05) is 10.0 Å². The minimum absolute atomic E-state index is 0.110. The molecule has 0 unspecified atom stereocenters. The van der Waals surface area contributed by atoms with Gasteiger partial charge in [0.2, 0.25) is 0 Å². The summed E-state index contributed by atoms with van der Waals surface area (Å²) in [6.07, 6.45) is 1.57. The van der Waals surface area contributed by atoms with Crippen LogP contribution in [0.25, 0.3) is 6.08 Å². The van der Waals surface area contributed by atoms with Gasteiger partial charge in [-0.1, -0.05) is 46.3 Å². The Kier molecular flexibility index (Phi) is 7.31. The van der Waals surface area contributed by atoms with Crippen molar-refractivity contribution < 1.29 is 18.7 Å². The molecule has 4 rings (SSSR count). The Hall–Kier alpha value is -2.49. The molecule has 1 heterocycles. The van der Waals surface area contributed by atoms with Gasteiger partial charge in [0.05, 0.1) is 15.5 Å². The Morgan fingerprint density at radius 3 is 2.30 bits per heavy atom.